The van der Waals surface area contributed by atoms with E-state index in [1.807, 2.05) is 48.5 Å². The summed E-state index contributed by atoms with van der Waals surface area (Å²) in [6.07, 6.45) is 0. The van der Waals surface area contributed by atoms with Gasteiger partial charge in [-0.2, -0.15) is 0 Å². The van der Waals surface area contributed by atoms with Crippen LogP contribution in [-0.4, -0.2) is 16.5 Å². The summed E-state index contributed by atoms with van der Waals surface area (Å²) in [6.45, 7) is 0. The quantitative estimate of drug-likeness (QED) is 0.489. The largest absolute Gasteiger partial charge is 0.513 e. The zero-order valence-corrected chi connectivity index (χ0v) is 10.5. The van der Waals surface area contributed by atoms with Crippen molar-refractivity contribution >= 4 is 38.0 Å². The smallest absolute Gasteiger partial charge is 0.345 e. The lowest BCUT2D eigenvalue weighted by Gasteiger charge is -2.08. The third-order valence-corrected chi connectivity index (χ3v) is 3.27. The van der Waals surface area contributed by atoms with Crippen LogP contribution in [0, 0.1) is 0 Å². The van der Waals surface area contributed by atoms with Crippen molar-refractivity contribution in [3.63, 3.8) is 0 Å². The summed E-state index contributed by atoms with van der Waals surface area (Å²) in [5.41, 5.74) is 0.569. The Hall–Kier alpha value is -2.13. The maximum absolute atomic E-state index is 11.8. The molecule has 0 spiro atoms. The first-order valence-electron chi connectivity index (χ1n) is 5.59. The Morgan fingerprint density at radius 2 is 1.50 bits per heavy atom. The van der Waals surface area contributed by atoms with E-state index in [1.165, 1.54) is 0 Å². The monoisotopic (exact) mass is 249 g/mol. The molecule has 0 aromatic heterocycles. The Kier molecular flexibility index (Phi) is 2.61. The van der Waals surface area contributed by atoms with Gasteiger partial charge in [0.05, 0.1) is 5.56 Å². The second-order valence-corrected chi connectivity index (χ2v) is 4.28. The first-order valence-corrected chi connectivity index (χ1v) is 6.00. The van der Waals surface area contributed by atoms with Gasteiger partial charge >= 0.3 is 16.5 Å². The number of hydrogen-bond donors (Lipinski definition) is 0. The second-order valence-electron chi connectivity index (χ2n) is 4.08. The van der Waals surface area contributed by atoms with Crippen molar-refractivity contribution in [2.75, 3.05) is 0 Å². The van der Waals surface area contributed by atoms with Crippen molar-refractivity contribution in [2.24, 2.45) is 0 Å². The zero-order valence-electron chi connectivity index (χ0n) is 9.51. The molecule has 0 aliphatic heterocycles. The molecule has 0 unspecified atom stereocenters. The molecule has 0 aliphatic carbocycles. The molecule has 0 saturated heterocycles. The number of rotatable bonds is 1. The number of carbonyl (C=O) groups excluding carboxylic acids is 1. The van der Waals surface area contributed by atoms with Gasteiger partial charge in [-0.15, -0.1) is 0 Å². The van der Waals surface area contributed by atoms with E-state index >= 15 is 0 Å². The lowest BCUT2D eigenvalue weighted by molar-refractivity contribution is 0.0752. The van der Waals surface area contributed by atoms with Gasteiger partial charge in [0, 0.05) is 0 Å². The molecular formula is C15H9O2Si. The van der Waals surface area contributed by atoms with Crippen LogP contribution in [0.1, 0.15) is 10.4 Å². The van der Waals surface area contributed by atoms with Gasteiger partial charge in [0.1, 0.15) is 0 Å². The normalized spacial score (nSPS) is 10.7. The average Bonchev–Trinajstić information content (AvgIpc) is 2.45. The van der Waals surface area contributed by atoms with E-state index in [0.717, 1.165) is 21.5 Å². The molecule has 3 aromatic carbocycles. The highest BCUT2D eigenvalue weighted by Gasteiger charge is 2.12. The van der Waals surface area contributed by atoms with Crippen molar-refractivity contribution in [3.05, 3.63) is 60.2 Å². The zero-order chi connectivity index (χ0) is 12.5. The maximum atomic E-state index is 11.8. The molecule has 0 bridgehead atoms. The van der Waals surface area contributed by atoms with Crippen LogP contribution in [0.3, 0.4) is 0 Å². The lowest BCUT2D eigenvalue weighted by atomic mass is 9.97. The third kappa shape index (κ3) is 1.60. The molecule has 0 amide bonds. The van der Waals surface area contributed by atoms with Gasteiger partial charge < -0.3 is 4.43 Å². The topological polar surface area (TPSA) is 26.3 Å². The molecule has 18 heavy (non-hydrogen) atoms. The van der Waals surface area contributed by atoms with Gasteiger partial charge in [-0.05, 0) is 27.6 Å². The van der Waals surface area contributed by atoms with E-state index in [4.69, 9.17) is 0 Å². The number of benzene rings is 3. The minimum atomic E-state index is -0.381. The van der Waals surface area contributed by atoms with Crippen LogP contribution in [0.5, 0.6) is 0 Å². The third-order valence-electron chi connectivity index (χ3n) is 3.08. The Bertz CT molecular complexity index is 750. The number of carbonyl (C=O) groups is 1. The lowest BCUT2D eigenvalue weighted by Crippen LogP contribution is -2.03. The van der Waals surface area contributed by atoms with Crippen molar-refractivity contribution in [1.82, 2.24) is 0 Å². The predicted octanol–water partition coefficient (Wildman–Crippen LogP) is 3.23. The molecule has 0 aliphatic rings. The molecule has 0 saturated carbocycles. The van der Waals surface area contributed by atoms with Crippen LogP contribution in [0.4, 0.5) is 0 Å². The average molecular weight is 249 g/mol. The molecule has 0 fully saturated rings. The van der Waals surface area contributed by atoms with Crippen molar-refractivity contribution in [1.29, 1.82) is 0 Å². The summed E-state index contributed by atoms with van der Waals surface area (Å²) in [6, 6.07) is 17.7. The summed E-state index contributed by atoms with van der Waals surface area (Å²) in [5.74, 6) is -0.381. The predicted molar refractivity (Wildman–Crippen MR) is 72.6 cm³/mol. The summed E-state index contributed by atoms with van der Waals surface area (Å²) >= 11 is 0. The van der Waals surface area contributed by atoms with Crippen LogP contribution in [0.15, 0.2) is 54.6 Å². The first kappa shape index (κ1) is 11.0. The minimum Gasteiger partial charge on any atom is -0.513 e. The van der Waals surface area contributed by atoms with Crippen LogP contribution in [0.2, 0.25) is 0 Å². The molecule has 0 N–H and O–H groups in total. The SMILES string of the molecule is O=C(O[Si])c1cc2ccccc2c2ccccc12. The Balaban J connectivity index is 2.50. The van der Waals surface area contributed by atoms with E-state index in [0.29, 0.717) is 5.56 Å². The van der Waals surface area contributed by atoms with Crippen molar-refractivity contribution < 1.29 is 9.22 Å². The highest BCUT2D eigenvalue weighted by molar-refractivity contribution is 6.19. The van der Waals surface area contributed by atoms with Gasteiger partial charge in [-0.1, -0.05) is 48.5 Å². The fourth-order valence-electron chi connectivity index (χ4n) is 2.28. The Morgan fingerprint density at radius 3 is 2.22 bits per heavy atom. The number of hydrogen-bond acceptors (Lipinski definition) is 2. The fraction of sp³-hybridized carbons (Fsp3) is 0. The molecule has 3 aromatic rings. The van der Waals surface area contributed by atoms with Gasteiger partial charge in [-0.25, -0.2) is 4.79 Å². The molecule has 85 valence electrons. The summed E-state index contributed by atoms with van der Waals surface area (Å²) < 4.78 is 4.66. The summed E-state index contributed by atoms with van der Waals surface area (Å²) in [7, 11) is 2.80. The fourth-order valence-corrected chi connectivity index (χ4v) is 2.39. The van der Waals surface area contributed by atoms with Crippen LogP contribution >= 0.6 is 0 Å². The van der Waals surface area contributed by atoms with Gasteiger partial charge in [0.25, 0.3) is 0 Å². The molecule has 0 heterocycles. The highest BCUT2D eigenvalue weighted by atomic mass is 28.2. The van der Waals surface area contributed by atoms with E-state index in [-0.39, 0.29) is 5.97 Å². The molecule has 0 atom stereocenters. The molecule has 3 rings (SSSR count). The minimum absolute atomic E-state index is 0.381. The van der Waals surface area contributed by atoms with E-state index in [1.54, 1.807) is 0 Å². The molecular weight excluding hydrogens is 240 g/mol. The van der Waals surface area contributed by atoms with Crippen LogP contribution < -0.4 is 0 Å². The van der Waals surface area contributed by atoms with E-state index < -0.39 is 0 Å². The van der Waals surface area contributed by atoms with Crippen LogP contribution in [0.25, 0.3) is 21.5 Å². The van der Waals surface area contributed by atoms with Crippen LogP contribution in [-0.2, 0) is 4.43 Å². The molecule has 3 heteroatoms. The first-order chi connectivity index (χ1) is 8.81. The summed E-state index contributed by atoms with van der Waals surface area (Å²) in [4.78, 5) is 11.8. The highest BCUT2D eigenvalue weighted by Crippen LogP contribution is 2.28. The maximum Gasteiger partial charge on any atom is 0.345 e. The number of fused-ring (bicyclic) bond motifs is 3. The summed E-state index contributed by atoms with van der Waals surface area (Å²) in [5, 5.41) is 4.13. The van der Waals surface area contributed by atoms with Gasteiger partial charge in [0.15, 0.2) is 0 Å². The van der Waals surface area contributed by atoms with Gasteiger partial charge in [-0.3, -0.25) is 0 Å². The van der Waals surface area contributed by atoms with E-state index in [9.17, 15) is 4.79 Å². The standard InChI is InChI=1S/C15H9O2Si/c16-15(17-18)14-9-10-5-1-2-6-11(10)12-7-3-4-8-13(12)14/h1-9H. The van der Waals surface area contributed by atoms with Crippen molar-refractivity contribution in [2.45, 2.75) is 0 Å². The Labute approximate surface area is 108 Å². The van der Waals surface area contributed by atoms with Gasteiger partial charge in [0.2, 0.25) is 0 Å². The molecule has 3 radical (unpaired) electrons. The van der Waals surface area contributed by atoms with Crippen molar-refractivity contribution in [3.8, 4) is 0 Å². The Morgan fingerprint density at radius 1 is 0.889 bits per heavy atom. The van der Waals surface area contributed by atoms with E-state index in [2.05, 4.69) is 21.0 Å². The second kappa shape index (κ2) is 4.27. The molecule has 2 nitrogen and oxygen atoms in total.